The molecule has 1 aliphatic carbocycles. The number of benzene rings is 4. The van der Waals surface area contributed by atoms with Crippen molar-refractivity contribution in [2.75, 3.05) is 20.8 Å². The molecule has 2 N–H and O–H groups in total. The number of fused-ring (bicyclic) bond motifs is 4. The van der Waals surface area contributed by atoms with E-state index >= 15 is 0 Å². The van der Waals surface area contributed by atoms with Gasteiger partial charge in [-0.1, -0.05) is 60.7 Å². The smallest absolute Gasteiger partial charge is 0.407 e. The van der Waals surface area contributed by atoms with Crippen LogP contribution in [0.15, 0.2) is 78.9 Å². The molecular formula is C30H27NO6. The largest absolute Gasteiger partial charge is 0.496 e. The van der Waals surface area contributed by atoms with Crippen LogP contribution in [-0.2, 0) is 16.0 Å². The molecule has 1 aliphatic rings. The second kappa shape index (κ2) is 10.2. The Morgan fingerprint density at radius 3 is 2.14 bits per heavy atom. The van der Waals surface area contributed by atoms with Gasteiger partial charge in [0.15, 0.2) is 0 Å². The third kappa shape index (κ3) is 4.68. The third-order valence-electron chi connectivity index (χ3n) is 6.82. The Kier molecular flexibility index (Phi) is 6.68. The molecule has 0 radical (unpaired) electrons. The SMILES string of the molecule is COc1cc2cccc(OC)c2cc1CC(NC(=O)OCC1c2ccccc2-c2ccccc21)C(=O)O. The van der Waals surface area contributed by atoms with Crippen molar-refractivity contribution in [3.05, 3.63) is 95.6 Å². The maximum absolute atomic E-state index is 12.7. The number of aliphatic carboxylic acids is 1. The standard InChI is InChI=1S/C30H27NO6/c1-35-27-13-7-8-18-16-28(36-2)19(14-24(18)27)15-26(29(32)33)31-30(34)37-17-25-22-11-5-3-9-20(22)21-10-4-6-12-23(21)25/h3-14,16,25-26H,15,17H2,1-2H3,(H,31,34)(H,32,33). The Hall–Kier alpha value is -4.52. The Balaban J connectivity index is 1.32. The molecule has 0 aromatic heterocycles. The van der Waals surface area contributed by atoms with Gasteiger partial charge in [-0.05, 0) is 51.4 Å². The number of carboxylic acids is 1. The van der Waals surface area contributed by atoms with Crippen LogP contribution >= 0.6 is 0 Å². The average molecular weight is 498 g/mol. The van der Waals surface area contributed by atoms with Crippen molar-refractivity contribution < 1.29 is 28.9 Å². The van der Waals surface area contributed by atoms with Crippen molar-refractivity contribution in [3.63, 3.8) is 0 Å². The summed E-state index contributed by atoms with van der Waals surface area (Å²) in [6, 6.07) is 24.2. The molecule has 1 atom stereocenters. The maximum Gasteiger partial charge on any atom is 0.407 e. The molecule has 0 spiro atoms. The summed E-state index contributed by atoms with van der Waals surface area (Å²) in [6.45, 7) is 0.0999. The lowest BCUT2D eigenvalue weighted by Gasteiger charge is -2.19. The van der Waals surface area contributed by atoms with Gasteiger partial charge in [-0.15, -0.1) is 0 Å². The number of methoxy groups -OCH3 is 2. The fourth-order valence-corrected chi connectivity index (χ4v) is 5.05. The minimum absolute atomic E-state index is 0.0106. The van der Waals surface area contributed by atoms with Crippen molar-refractivity contribution in [1.82, 2.24) is 5.32 Å². The van der Waals surface area contributed by atoms with Crippen LogP contribution in [0.5, 0.6) is 11.5 Å². The lowest BCUT2D eigenvalue weighted by Crippen LogP contribution is -2.43. The van der Waals surface area contributed by atoms with Gasteiger partial charge in [0.25, 0.3) is 0 Å². The van der Waals surface area contributed by atoms with E-state index in [2.05, 4.69) is 17.4 Å². The lowest BCUT2D eigenvalue weighted by atomic mass is 9.98. The molecule has 0 saturated carbocycles. The van der Waals surface area contributed by atoms with Gasteiger partial charge in [0.1, 0.15) is 24.1 Å². The molecule has 7 nitrogen and oxygen atoms in total. The second-order valence-electron chi connectivity index (χ2n) is 8.91. The van der Waals surface area contributed by atoms with E-state index in [1.165, 1.54) is 7.11 Å². The highest BCUT2D eigenvalue weighted by molar-refractivity contribution is 5.91. The number of amides is 1. The normalized spacial score (nSPS) is 12.9. The molecule has 188 valence electrons. The fraction of sp³-hybridized carbons (Fsp3) is 0.200. The molecule has 0 bridgehead atoms. The number of rotatable bonds is 8. The molecule has 1 unspecified atom stereocenters. The number of nitrogens with one attached hydrogen (secondary N) is 1. The zero-order valence-electron chi connectivity index (χ0n) is 20.6. The minimum atomic E-state index is -1.21. The van der Waals surface area contributed by atoms with Crippen LogP contribution in [0.1, 0.15) is 22.6 Å². The quantitative estimate of drug-likeness (QED) is 0.339. The van der Waals surface area contributed by atoms with Crippen LogP contribution in [0.4, 0.5) is 4.79 Å². The Morgan fingerprint density at radius 1 is 0.865 bits per heavy atom. The highest BCUT2D eigenvalue weighted by Crippen LogP contribution is 2.44. The van der Waals surface area contributed by atoms with Gasteiger partial charge in [-0.25, -0.2) is 9.59 Å². The number of carbonyl (C=O) groups excluding carboxylic acids is 1. The molecule has 0 saturated heterocycles. The van der Waals surface area contributed by atoms with Crippen molar-refractivity contribution >= 4 is 22.8 Å². The van der Waals surface area contributed by atoms with E-state index in [0.717, 1.165) is 33.0 Å². The molecule has 4 aromatic carbocycles. The van der Waals surface area contributed by atoms with Crippen LogP contribution in [0.2, 0.25) is 0 Å². The zero-order chi connectivity index (χ0) is 25.9. The zero-order valence-corrected chi connectivity index (χ0v) is 20.6. The summed E-state index contributed by atoms with van der Waals surface area (Å²) >= 11 is 0. The van der Waals surface area contributed by atoms with Gasteiger partial charge in [0, 0.05) is 17.7 Å². The van der Waals surface area contributed by atoms with Gasteiger partial charge < -0.3 is 24.6 Å². The first-order valence-corrected chi connectivity index (χ1v) is 12.0. The first-order valence-electron chi connectivity index (χ1n) is 12.0. The van der Waals surface area contributed by atoms with E-state index in [0.29, 0.717) is 17.1 Å². The van der Waals surface area contributed by atoms with E-state index in [4.69, 9.17) is 14.2 Å². The van der Waals surface area contributed by atoms with Crippen LogP contribution < -0.4 is 14.8 Å². The highest BCUT2D eigenvalue weighted by atomic mass is 16.5. The summed E-state index contributed by atoms with van der Waals surface area (Å²) < 4.78 is 16.5. The van der Waals surface area contributed by atoms with Crippen molar-refractivity contribution in [2.24, 2.45) is 0 Å². The number of carbonyl (C=O) groups is 2. The monoisotopic (exact) mass is 497 g/mol. The maximum atomic E-state index is 12.7. The summed E-state index contributed by atoms with van der Waals surface area (Å²) in [7, 11) is 3.11. The molecule has 0 aliphatic heterocycles. The van der Waals surface area contributed by atoms with E-state index in [1.807, 2.05) is 66.7 Å². The summed E-state index contributed by atoms with van der Waals surface area (Å²) in [4.78, 5) is 24.8. The number of hydrogen-bond donors (Lipinski definition) is 2. The van der Waals surface area contributed by atoms with E-state index in [1.54, 1.807) is 7.11 Å². The van der Waals surface area contributed by atoms with Crippen LogP contribution in [0.3, 0.4) is 0 Å². The Morgan fingerprint density at radius 2 is 1.51 bits per heavy atom. The molecule has 0 fully saturated rings. The molecule has 37 heavy (non-hydrogen) atoms. The lowest BCUT2D eigenvalue weighted by molar-refractivity contribution is -0.139. The van der Waals surface area contributed by atoms with Crippen molar-refractivity contribution in [2.45, 2.75) is 18.4 Å². The first kappa shape index (κ1) is 24.2. The predicted octanol–water partition coefficient (Wildman–Crippen LogP) is 5.39. The van der Waals surface area contributed by atoms with Gasteiger partial charge in [0.05, 0.1) is 14.2 Å². The van der Waals surface area contributed by atoms with Crippen LogP contribution in [0.25, 0.3) is 21.9 Å². The number of ether oxygens (including phenoxy) is 3. The molecule has 1 amide bonds. The van der Waals surface area contributed by atoms with Gasteiger partial charge in [0.2, 0.25) is 0 Å². The minimum Gasteiger partial charge on any atom is -0.496 e. The topological polar surface area (TPSA) is 94.1 Å². The predicted molar refractivity (Wildman–Crippen MR) is 140 cm³/mol. The van der Waals surface area contributed by atoms with E-state index < -0.39 is 18.1 Å². The molecule has 7 heteroatoms. The number of carboxylic acid groups (broad SMARTS) is 1. The van der Waals surface area contributed by atoms with Gasteiger partial charge >= 0.3 is 12.1 Å². The van der Waals surface area contributed by atoms with Crippen molar-refractivity contribution in [1.29, 1.82) is 0 Å². The summed E-state index contributed by atoms with van der Waals surface area (Å²) in [6.07, 6.45) is -0.775. The van der Waals surface area contributed by atoms with Gasteiger partial charge in [-0.3, -0.25) is 0 Å². The second-order valence-corrected chi connectivity index (χ2v) is 8.91. The third-order valence-corrected chi connectivity index (χ3v) is 6.82. The van der Waals surface area contributed by atoms with Crippen LogP contribution in [0, 0.1) is 0 Å². The van der Waals surface area contributed by atoms with Gasteiger partial charge in [-0.2, -0.15) is 0 Å². The summed E-state index contributed by atoms with van der Waals surface area (Å²) in [5.74, 6) is -0.0933. The summed E-state index contributed by atoms with van der Waals surface area (Å²) in [5, 5.41) is 14.1. The molecular weight excluding hydrogens is 470 g/mol. The first-order chi connectivity index (χ1) is 18.0. The molecule has 5 rings (SSSR count). The molecule has 0 heterocycles. The van der Waals surface area contributed by atoms with E-state index in [-0.39, 0.29) is 18.9 Å². The summed E-state index contributed by atoms with van der Waals surface area (Å²) in [5.41, 5.74) is 5.04. The average Bonchev–Trinajstić information content (AvgIpc) is 3.24. The fourth-order valence-electron chi connectivity index (χ4n) is 5.05. The highest BCUT2D eigenvalue weighted by Gasteiger charge is 2.30. The Labute approximate surface area is 214 Å². The Bertz CT molecular complexity index is 1430. The number of hydrogen-bond acceptors (Lipinski definition) is 5. The van der Waals surface area contributed by atoms with Crippen LogP contribution in [-0.4, -0.2) is 44.0 Å². The number of alkyl carbamates (subject to hydrolysis) is 1. The van der Waals surface area contributed by atoms with E-state index in [9.17, 15) is 14.7 Å². The van der Waals surface area contributed by atoms with Crippen molar-refractivity contribution in [3.8, 4) is 22.6 Å². The molecule has 4 aromatic rings.